The van der Waals surface area contributed by atoms with Gasteiger partial charge >= 0.3 is 0 Å². The molecule has 2 fully saturated rings. The van der Waals surface area contributed by atoms with Gasteiger partial charge in [-0.05, 0) is 33.6 Å². The van der Waals surface area contributed by atoms with Gasteiger partial charge in [0.1, 0.15) is 11.5 Å². The molecule has 0 unspecified atom stereocenters. The molecular weight excluding hydrogens is 282 g/mol. The van der Waals surface area contributed by atoms with Crippen molar-refractivity contribution in [1.82, 2.24) is 15.0 Å². The Morgan fingerprint density at radius 2 is 2.23 bits per heavy atom. The first kappa shape index (κ1) is 15.1. The van der Waals surface area contributed by atoms with Crippen molar-refractivity contribution in [3.63, 3.8) is 0 Å². The second-order valence-corrected chi connectivity index (χ2v) is 6.59. The number of nitrogens with zero attached hydrogens (tertiary/aromatic N) is 3. The van der Waals surface area contributed by atoms with E-state index in [1.165, 1.54) is 0 Å². The van der Waals surface area contributed by atoms with Crippen LogP contribution in [0.4, 0.5) is 0 Å². The average molecular weight is 305 g/mol. The largest absolute Gasteiger partial charge is 0.361 e. The van der Waals surface area contributed by atoms with E-state index in [9.17, 15) is 9.59 Å². The quantitative estimate of drug-likeness (QED) is 0.855. The molecule has 6 nitrogen and oxygen atoms in total. The molecule has 2 aliphatic heterocycles. The minimum absolute atomic E-state index is 0.00634. The monoisotopic (exact) mass is 305 g/mol. The number of aryl methyl sites for hydroxylation is 1. The van der Waals surface area contributed by atoms with Crippen LogP contribution in [0, 0.1) is 12.8 Å². The minimum atomic E-state index is -0.219. The highest BCUT2D eigenvalue weighted by Gasteiger charge is 2.41. The summed E-state index contributed by atoms with van der Waals surface area (Å²) in [5.74, 6) is 0.709. The standard InChI is InChI=1S/C16H23N3O3/c1-10(2)19-9-12(8-15(19)20)16(21)18-6-4-5-14(18)13-7-11(3)22-17-13/h7,10,12,14H,4-6,8-9H2,1-3H3/t12-,14-/m0/s1. The van der Waals surface area contributed by atoms with Crippen molar-refractivity contribution in [1.29, 1.82) is 0 Å². The highest BCUT2D eigenvalue weighted by Crippen LogP contribution is 2.34. The van der Waals surface area contributed by atoms with Crippen molar-refractivity contribution in [3.05, 3.63) is 17.5 Å². The lowest BCUT2D eigenvalue weighted by Gasteiger charge is -2.26. The number of amides is 2. The van der Waals surface area contributed by atoms with Crippen molar-refractivity contribution in [2.75, 3.05) is 13.1 Å². The molecule has 0 bridgehead atoms. The second kappa shape index (κ2) is 5.74. The fourth-order valence-electron chi connectivity index (χ4n) is 3.51. The molecule has 1 aromatic rings. The van der Waals surface area contributed by atoms with E-state index in [1.54, 1.807) is 4.90 Å². The van der Waals surface area contributed by atoms with Crippen LogP contribution in [-0.2, 0) is 9.59 Å². The summed E-state index contributed by atoms with van der Waals surface area (Å²) in [6.07, 6.45) is 2.21. The number of likely N-dealkylation sites (tertiary alicyclic amines) is 2. The maximum atomic E-state index is 12.8. The Balaban J connectivity index is 1.73. The topological polar surface area (TPSA) is 66.7 Å². The predicted molar refractivity (Wildman–Crippen MR) is 79.9 cm³/mol. The normalized spacial score (nSPS) is 25.5. The van der Waals surface area contributed by atoms with Gasteiger partial charge in [-0.3, -0.25) is 9.59 Å². The molecule has 2 amide bonds. The van der Waals surface area contributed by atoms with E-state index in [0.29, 0.717) is 13.0 Å². The first-order valence-corrected chi connectivity index (χ1v) is 8.00. The fraction of sp³-hybridized carbons (Fsp3) is 0.688. The number of hydrogen-bond donors (Lipinski definition) is 0. The summed E-state index contributed by atoms with van der Waals surface area (Å²) < 4.78 is 5.15. The van der Waals surface area contributed by atoms with Crippen LogP contribution in [0.3, 0.4) is 0 Å². The maximum Gasteiger partial charge on any atom is 0.228 e. The van der Waals surface area contributed by atoms with Gasteiger partial charge < -0.3 is 14.3 Å². The molecule has 2 aliphatic rings. The number of hydrogen-bond acceptors (Lipinski definition) is 4. The lowest BCUT2D eigenvalue weighted by Crippen LogP contribution is -2.38. The lowest BCUT2D eigenvalue weighted by atomic mass is 10.1. The molecular formula is C16H23N3O3. The molecule has 0 N–H and O–H groups in total. The van der Waals surface area contributed by atoms with Crippen LogP contribution in [0.15, 0.2) is 10.6 Å². The van der Waals surface area contributed by atoms with E-state index in [0.717, 1.165) is 30.8 Å². The molecule has 2 atom stereocenters. The Bertz CT molecular complexity index is 581. The van der Waals surface area contributed by atoms with E-state index in [2.05, 4.69) is 5.16 Å². The Morgan fingerprint density at radius 1 is 1.45 bits per heavy atom. The highest BCUT2D eigenvalue weighted by atomic mass is 16.5. The predicted octanol–water partition coefficient (Wildman–Crippen LogP) is 1.90. The van der Waals surface area contributed by atoms with Gasteiger partial charge in [0.2, 0.25) is 11.8 Å². The van der Waals surface area contributed by atoms with Crippen LogP contribution >= 0.6 is 0 Å². The number of carbonyl (C=O) groups is 2. The summed E-state index contributed by atoms with van der Waals surface area (Å²) in [5.41, 5.74) is 0.827. The average Bonchev–Trinajstić information content (AvgIpc) is 3.16. The SMILES string of the molecule is Cc1cc([C@@H]2CCCN2C(=O)[C@H]2CC(=O)N(C(C)C)C2)no1. The van der Waals surface area contributed by atoms with Gasteiger partial charge in [-0.2, -0.15) is 0 Å². The van der Waals surface area contributed by atoms with Crippen molar-refractivity contribution in [2.24, 2.45) is 5.92 Å². The van der Waals surface area contributed by atoms with Crippen LogP contribution in [0.25, 0.3) is 0 Å². The van der Waals surface area contributed by atoms with E-state index in [-0.39, 0.29) is 29.8 Å². The first-order valence-electron chi connectivity index (χ1n) is 8.00. The van der Waals surface area contributed by atoms with Crippen molar-refractivity contribution >= 4 is 11.8 Å². The zero-order valence-electron chi connectivity index (χ0n) is 13.4. The fourth-order valence-corrected chi connectivity index (χ4v) is 3.51. The van der Waals surface area contributed by atoms with Crippen LogP contribution < -0.4 is 0 Å². The van der Waals surface area contributed by atoms with E-state index >= 15 is 0 Å². The van der Waals surface area contributed by atoms with Crippen molar-refractivity contribution in [2.45, 2.75) is 52.1 Å². The van der Waals surface area contributed by atoms with Gasteiger partial charge in [-0.15, -0.1) is 0 Å². The van der Waals surface area contributed by atoms with Crippen LogP contribution in [-0.4, -0.2) is 45.9 Å². The molecule has 0 aromatic carbocycles. The van der Waals surface area contributed by atoms with Gasteiger partial charge in [0.15, 0.2) is 0 Å². The van der Waals surface area contributed by atoms with Gasteiger partial charge in [-0.1, -0.05) is 5.16 Å². The molecule has 0 spiro atoms. The van der Waals surface area contributed by atoms with Crippen molar-refractivity contribution in [3.8, 4) is 0 Å². The maximum absolute atomic E-state index is 12.8. The summed E-state index contributed by atoms with van der Waals surface area (Å²) >= 11 is 0. The summed E-state index contributed by atoms with van der Waals surface area (Å²) in [6, 6.07) is 2.04. The number of aromatic nitrogens is 1. The Kier molecular flexibility index (Phi) is 3.93. The zero-order valence-corrected chi connectivity index (χ0v) is 13.4. The van der Waals surface area contributed by atoms with Gasteiger partial charge in [0, 0.05) is 31.6 Å². The summed E-state index contributed by atoms with van der Waals surface area (Å²) in [5, 5.41) is 4.07. The van der Waals surface area contributed by atoms with Gasteiger partial charge in [-0.25, -0.2) is 0 Å². The number of carbonyl (C=O) groups excluding carboxylic acids is 2. The highest BCUT2D eigenvalue weighted by molar-refractivity contribution is 5.89. The second-order valence-electron chi connectivity index (χ2n) is 6.59. The van der Waals surface area contributed by atoms with Crippen LogP contribution in [0.1, 0.15) is 50.6 Å². The third-order valence-electron chi connectivity index (χ3n) is 4.65. The van der Waals surface area contributed by atoms with Crippen LogP contribution in [0.2, 0.25) is 0 Å². The molecule has 2 saturated heterocycles. The molecule has 0 saturated carbocycles. The van der Waals surface area contributed by atoms with E-state index in [1.807, 2.05) is 31.7 Å². The molecule has 0 aliphatic carbocycles. The summed E-state index contributed by atoms with van der Waals surface area (Å²) in [7, 11) is 0. The molecule has 120 valence electrons. The Labute approximate surface area is 130 Å². The molecule has 6 heteroatoms. The molecule has 3 heterocycles. The molecule has 22 heavy (non-hydrogen) atoms. The van der Waals surface area contributed by atoms with Gasteiger partial charge in [0.05, 0.1) is 12.0 Å². The van der Waals surface area contributed by atoms with Crippen LogP contribution in [0.5, 0.6) is 0 Å². The zero-order chi connectivity index (χ0) is 15.9. The third-order valence-corrected chi connectivity index (χ3v) is 4.65. The molecule has 1 aromatic heterocycles. The smallest absolute Gasteiger partial charge is 0.228 e. The van der Waals surface area contributed by atoms with Crippen molar-refractivity contribution < 1.29 is 14.1 Å². The summed E-state index contributed by atoms with van der Waals surface area (Å²) in [4.78, 5) is 28.6. The third kappa shape index (κ3) is 2.62. The first-order chi connectivity index (χ1) is 10.5. The van der Waals surface area contributed by atoms with Gasteiger partial charge in [0.25, 0.3) is 0 Å². The molecule has 0 radical (unpaired) electrons. The van der Waals surface area contributed by atoms with E-state index < -0.39 is 0 Å². The molecule has 3 rings (SSSR count). The Hall–Kier alpha value is -1.85. The number of rotatable bonds is 3. The Morgan fingerprint density at radius 3 is 2.82 bits per heavy atom. The minimum Gasteiger partial charge on any atom is -0.361 e. The lowest BCUT2D eigenvalue weighted by molar-refractivity contribution is -0.136. The van der Waals surface area contributed by atoms with E-state index in [4.69, 9.17) is 4.52 Å². The summed E-state index contributed by atoms with van der Waals surface area (Å²) in [6.45, 7) is 7.11.